The zero-order chi connectivity index (χ0) is 6.97. The first-order chi connectivity index (χ1) is 4.88. The molecule has 0 N–H and O–H groups in total. The lowest BCUT2D eigenvalue weighted by Gasteiger charge is -1.91. The lowest BCUT2D eigenvalue weighted by molar-refractivity contribution is 0.968. The highest BCUT2D eigenvalue weighted by Gasteiger charge is 1.93. The van der Waals surface area contributed by atoms with Crippen LogP contribution in [0.5, 0.6) is 0 Å². The molecule has 0 aliphatic rings. The van der Waals surface area contributed by atoms with Crippen molar-refractivity contribution in [3.05, 3.63) is 30.7 Å². The Balaban J connectivity index is 2.93. The van der Waals surface area contributed by atoms with Crippen LogP contribution in [0.15, 0.2) is 30.7 Å². The van der Waals surface area contributed by atoms with Crippen LogP contribution in [0, 0.1) is 0 Å². The molecule has 2 aromatic heterocycles. The first-order valence-corrected chi connectivity index (χ1v) is 3.23. The molecule has 0 spiro atoms. The summed E-state index contributed by atoms with van der Waals surface area (Å²) in [4.78, 5) is 4.01. The van der Waals surface area contributed by atoms with E-state index in [1.165, 1.54) is 10.9 Å². The lowest BCUT2D eigenvalue weighted by atomic mass is 10.3. The number of hydrogen-bond acceptors (Lipinski definition) is 1. The zero-order valence-electron chi connectivity index (χ0n) is 5.78. The quantitative estimate of drug-likeness (QED) is 0.532. The summed E-state index contributed by atoms with van der Waals surface area (Å²) in [6, 6.07) is 4.07. The van der Waals surface area contributed by atoms with Gasteiger partial charge in [-0.2, -0.15) is 0 Å². The fourth-order valence-electron chi connectivity index (χ4n) is 1.12. The highest BCUT2D eigenvalue weighted by atomic mass is 14.9. The smallest absolute Gasteiger partial charge is 0.0508 e. The second-order valence-electron chi connectivity index (χ2n) is 2.36. The lowest BCUT2D eigenvalue weighted by Crippen LogP contribution is -1.82. The molecule has 0 aliphatic heterocycles. The fourth-order valence-corrected chi connectivity index (χ4v) is 1.12. The van der Waals surface area contributed by atoms with E-state index in [1.54, 1.807) is 0 Å². The summed E-state index contributed by atoms with van der Waals surface area (Å²) in [5.41, 5.74) is 1.23. The summed E-state index contributed by atoms with van der Waals surface area (Å²) in [7, 11) is 2.03. The van der Waals surface area contributed by atoms with Crippen molar-refractivity contribution in [3.8, 4) is 0 Å². The summed E-state index contributed by atoms with van der Waals surface area (Å²) < 4.78 is 2.08. The van der Waals surface area contributed by atoms with E-state index in [0.29, 0.717) is 0 Å². The number of hydrogen-bond donors (Lipinski definition) is 0. The molecule has 0 atom stereocenters. The number of nitrogens with zero attached hydrogens (tertiary/aromatic N) is 2. The van der Waals surface area contributed by atoms with Crippen molar-refractivity contribution in [3.63, 3.8) is 0 Å². The Morgan fingerprint density at radius 1 is 1.40 bits per heavy atom. The van der Waals surface area contributed by atoms with Gasteiger partial charge in [0.05, 0.1) is 5.52 Å². The standard InChI is InChI=1S/C8H8N2/c1-10-5-3-7-6-9-4-2-8(7)10/h2-6H,1H3. The molecular weight excluding hydrogens is 124 g/mol. The van der Waals surface area contributed by atoms with Crippen molar-refractivity contribution in [2.45, 2.75) is 0 Å². The van der Waals surface area contributed by atoms with Crippen molar-refractivity contribution in [1.29, 1.82) is 0 Å². The van der Waals surface area contributed by atoms with Crippen LogP contribution in [0.1, 0.15) is 0 Å². The molecule has 2 nitrogen and oxygen atoms in total. The number of fused-ring (bicyclic) bond motifs is 1. The van der Waals surface area contributed by atoms with Crippen molar-refractivity contribution in [2.24, 2.45) is 7.05 Å². The molecule has 0 unspecified atom stereocenters. The van der Waals surface area contributed by atoms with Crippen molar-refractivity contribution in [1.82, 2.24) is 9.55 Å². The topological polar surface area (TPSA) is 17.8 Å². The first-order valence-electron chi connectivity index (χ1n) is 3.23. The average Bonchev–Trinajstić information content (AvgIpc) is 2.34. The second-order valence-corrected chi connectivity index (χ2v) is 2.36. The summed E-state index contributed by atoms with van der Waals surface area (Å²) in [5, 5.41) is 1.20. The van der Waals surface area contributed by atoms with E-state index in [0.717, 1.165) is 0 Å². The molecule has 2 heterocycles. The molecule has 0 saturated carbocycles. The molecule has 0 radical (unpaired) electrons. The van der Waals surface area contributed by atoms with Gasteiger partial charge in [0, 0.05) is 31.0 Å². The molecule has 50 valence electrons. The summed E-state index contributed by atoms with van der Waals surface area (Å²) in [6.45, 7) is 0. The van der Waals surface area contributed by atoms with Crippen molar-refractivity contribution in [2.75, 3.05) is 0 Å². The van der Waals surface area contributed by atoms with Gasteiger partial charge >= 0.3 is 0 Å². The molecule has 0 amide bonds. The van der Waals surface area contributed by atoms with E-state index in [2.05, 4.69) is 15.6 Å². The van der Waals surface area contributed by atoms with Gasteiger partial charge in [-0.3, -0.25) is 4.98 Å². The van der Waals surface area contributed by atoms with Gasteiger partial charge in [-0.05, 0) is 12.1 Å². The third-order valence-corrected chi connectivity index (χ3v) is 1.69. The predicted molar refractivity (Wildman–Crippen MR) is 40.7 cm³/mol. The van der Waals surface area contributed by atoms with Crippen LogP contribution in [0.2, 0.25) is 0 Å². The SMILES string of the molecule is Cn1ccc2cnccc21. The van der Waals surface area contributed by atoms with Crippen LogP contribution in [0.25, 0.3) is 10.9 Å². The molecular formula is C8H8N2. The maximum atomic E-state index is 4.01. The van der Waals surface area contributed by atoms with Crippen LogP contribution in [-0.2, 0) is 7.05 Å². The van der Waals surface area contributed by atoms with Gasteiger partial charge in [0.1, 0.15) is 0 Å². The van der Waals surface area contributed by atoms with Crippen LogP contribution in [-0.4, -0.2) is 9.55 Å². The van der Waals surface area contributed by atoms with Gasteiger partial charge < -0.3 is 4.57 Å². The Morgan fingerprint density at radius 2 is 2.30 bits per heavy atom. The summed E-state index contributed by atoms with van der Waals surface area (Å²) >= 11 is 0. The molecule has 0 fully saturated rings. The maximum Gasteiger partial charge on any atom is 0.0508 e. The van der Waals surface area contributed by atoms with Crippen LogP contribution >= 0.6 is 0 Å². The Kier molecular flexibility index (Phi) is 1.01. The minimum Gasteiger partial charge on any atom is -0.350 e. The molecule has 2 heteroatoms. The fraction of sp³-hybridized carbons (Fsp3) is 0.125. The van der Waals surface area contributed by atoms with Crippen molar-refractivity contribution < 1.29 is 0 Å². The van der Waals surface area contributed by atoms with Gasteiger partial charge in [-0.1, -0.05) is 0 Å². The van der Waals surface area contributed by atoms with E-state index in [4.69, 9.17) is 0 Å². The largest absolute Gasteiger partial charge is 0.350 e. The molecule has 10 heavy (non-hydrogen) atoms. The van der Waals surface area contributed by atoms with E-state index in [1.807, 2.05) is 31.7 Å². The van der Waals surface area contributed by atoms with Gasteiger partial charge in [-0.25, -0.2) is 0 Å². The van der Waals surface area contributed by atoms with Crippen LogP contribution in [0.3, 0.4) is 0 Å². The van der Waals surface area contributed by atoms with Gasteiger partial charge in [0.15, 0.2) is 0 Å². The van der Waals surface area contributed by atoms with E-state index >= 15 is 0 Å². The van der Waals surface area contributed by atoms with Gasteiger partial charge in [0.25, 0.3) is 0 Å². The zero-order valence-corrected chi connectivity index (χ0v) is 5.78. The molecule has 0 aliphatic carbocycles. The number of rotatable bonds is 0. The Hall–Kier alpha value is -1.31. The van der Waals surface area contributed by atoms with Crippen LogP contribution in [0.4, 0.5) is 0 Å². The maximum absolute atomic E-state index is 4.01. The second kappa shape index (κ2) is 1.84. The Bertz CT molecular complexity index is 349. The molecule has 0 bridgehead atoms. The highest BCUT2D eigenvalue weighted by Crippen LogP contribution is 2.10. The summed E-state index contributed by atoms with van der Waals surface area (Å²) in [5.74, 6) is 0. The minimum atomic E-state index is 1.20. The van der Waals surface area contributed by atoms with E-state index in [-0.39, 0.29) is 0 Å². The average molecular weight is 132 g/mol. The molecule has 2 rings (SSSR count). The molecule has 0 aromatic carbocycles. The monoisotopic (exact) mass is 132 g/mol. The Labute approximate surface area is 59.1 Å². The predicted octanol–water partition coefficient (Wildman–Crippen LogP) is 1.57. The first kappa shape index (κ1) is 5.47. The molecule has 2 aromatic rings. The van der Waals surface area contributed by atoms with Crippen molar-refractivity contribution >= 4 is 10.9 Å². The summed E-state index contributed by atoms with van der Waals surface area (Å²) in [6.07, 6.45) is 5.71. The van der Waals surface area contributed by atoms with E-state index < -0.39 is 0 Å². The third kappa shape index (κ3) is 0.620. The van der Waals surface area contributed by atoms with Gasteiger partial charge in [-0.15, -0.1) is 0 Å². The van der Waals surface area contributed by atoms with Crippen LogP contribution < -0.4 is 0 Å². The number of aryl methyl sites for hydroxylation is 1. The normalized spacial score (nSPS) is 10.5. The molecule has 0 saturated heterocycles. The van der Waals surface area contributed by atoms with E-state index in [9.17, 15) is 0 Å². The minimum absolute atomic E-state index is 1.20. The third-order valence-electron chi connectivity index (χ3n) is 1.69. The highest BCUT2D eigenvalue weighted by molar-refractivity contribution is 5.78. The number of aromatic nitrogens is 2. The Morgan fingerprint density at radius 3 is 3.10 bits per heavy atom. The number of pyridine rings is 1. The van der Waals surface area contributed by atoms with Gasteiger partial charge in [0.2, 0.25) is 0 Å².